The van der Waals surface area contributed by atoms with Crippen LogP contribution in [0.4, 0.5) is 10.3 Å². The van der Waals surface area contributed by atoms with E-state index >= 15 is 0 Å². The monoisotopic (exact) mass is 406 g/mol. The highest BCUT2D eigenvalue weighted by Gasteiger charge is 2.24. The molecule has 0 amide bonds. The lowest BCUT2D eigenvalue weighted by molar-refractivity contribution is 0.335. The lowest BCUT2D eigenvalue weighted by atomic mass is 10.0. The number of hydrogen-bond donors (Lipinski definition) is 1. The van der Waals surface area contributed by atoms with E-state index in [2.05, 4.69) is 30.4 Å². The minimum atomic E-state index is -0.335. The topological polar surface area (TPSA) is 98.9 Å². The first-order valence-corrected chi connectivity index (χ1v) is 9.35. The molecule has 3 aromatic heterocycles. The second-order valence-corrected chi connectivity index (χ2v) is 6.83. The number of aromatic nitrogens is 5. The number of hydrogen-bond acceptors (Lipinski definition) is 8. The highest BCUT2D eigenvalue weighted by atomic mass is 19.1. The number of anilines is 1. The van der Waals surface area contributed by atoms with E-state index in [4.69, 9.17) is 9.26 Å². The molecule has 1 atom stereocenters. The van der Waals surface area contributed by atoms with E-state index in [-0.39, 0.29) is 17.8 Å². The Labute approximate surface area is 172 Å². The molecule has 152 valence electrons. The van der Waals surface area contributed by atoms with Crippen LogP contribution >= 0.6 is 0 Å². The second kappa shape index (κ2) is 8.64. The van der Waals surface area contributed by atoms with Gasteiger partial charge in [0.2, 0.25) is 23.5 Å². The highest BCUT2D eigenvalue weighted by Crippen LogP contribution is 2.27. The van der Waals surface area contributed by atoms with Gasteiger partial charge in [0, 0.05) is 30.2 Å². The van der Waals surface area contributed by atoms with E-state index in [0.29, 0.717) is 29.3 Å². The maximum atomic E-state index is 13.1. The molecular formula is C21H19FN6O2. The average molecular weight is 406 g/mol. The Balaban J connectivity index is 1.52. The molecule has 1 N–H and O–H groups in total. The van der Waals surface area contributed by atoms with Crippen molar-refractivity contribution < 1.29 is 13.7 Å². The molecule has 0 spiro atoms. The summed E-state index contributed by atoms with van der Waals surface area (Å²) in [5.41, 5.74) is 0.813. The summed E-state index contributed by atoms with van der Waals surface area (Å²) >= 11 is 0. The Morgan fingerprint density at radius 3 is 2.47 bits per heavy atom. The molecule has 4 rings (SSSR count). The molecule has 1 aromatic carbocycles. The molecule has 0 saturated heterocycles. The van der Waals surface area contributed by atoms with Crippen LogP contribution < -0.4 is 10.1 Å². The molecule has 0 fully saturated rings. The Bertz CT molecular complexity index is 1100. The summed E-state index contributed by atoms with van der Waals surface area (Å²) in [5.74, 6) is 1.82. The minimum Gasteiger partial charge on any atom is -0.439 e. The number of nitrogens with zero attached hydrogens (tertiary/aromatic N) is 5. The zero-order valence-corrected chi connectivity index (χ0v) is 16.4. The summed E-state index contributed by atoms with van der Waals surface area (Å²) in [6.07, 6.45) is 4.91. The first-order chi connectivity index (χ1) is 14.6. The van der Waals surface area contributed by atoms with Crippen LogP contribution in [0.3, 0.4) is 0 Å². The van der Waals surface area contributed by atoms with Crippen molar-refractivity contribution >= 4 is 5.95 Å². The molecule has 0 radical (unpaired) electrons. The van der Waals surface area contributed by atoms with Crippen LogP contribution in [0.15, 0.2) is 65.6 Å². The van der Waals surface area contributed by atoms with Crippen molar-refractivity contribution in [3.05, 3.63) is 72.8 Å². The molecule has 9 heteroatoms. The summed E-state index contributed by atoms with van der Waals surface area (Å²) in [6, 6.07) is 10.6. The van der Waals surface area contributed by atoms with Crippen molar-refractivity contribution in [3.63, 3.8) is 0 Å². The predicted octanol–water partition coefficient (Wildman–Crippen LogP) is 4.66. The van der Waals surface area contributed by atoms with E-state index in [1.165, 1.54) is 24.3 Å². The van der Waals surface area contributed by atoms with Crippen LogP contribution in [-0.4, -0.2) is 25.1 Å². The van der Waals surface area contributed by atoms with Crippen LogP contribution in [0.2, 0.25) is 0 Å². The molecule has 0 aliphatic rings. The molecule has 3 heterocycles. The number of rotatable bonds is 7. The summed E-state index contributed by atoms with van der Waals surface area (Å²) in [6.45, 7) is 4.04. The van der Waals surface area contributed by atoms with Crippen LogP contribution in [0.5, 0.6) is 11.6 Å². The molecule has 0 aliphatic carbocycles. The second-order valence-electron chi connectivity index (χ2n) is 6.83. The summed E-state index contributed by atoms with van der Waals surface area (Å²) in [5, 5.41) is 7.29. The van der Waals surface area contributed by atoms with E-state index in [9.17, 15) is 4.39 Å². The molecule has 4 aromatic rings. The van der Waals surface area contributed by atoms with Gasteiger partial charge in [0.1, 0.15) is 17.6 Å². The molecule has 0 bridgehead atoms. The normalized spacial score (nSPS) is 12.0. The Morgan fingerprint density at radius 1 is 0.967 bits per heavy atom. The zero-order valence-electron chi connectivity index (χ0n) is 16.4. The van der Waals surface area contributed by atoms with E-state index < -0.39 is 0 Å². The summed E-state index contributed by atoms with van der Waals surface area (Å²) < 4.78 is 24.2. The first-order valence-electron chi connectivity index (χ1n) is 9.35. The van der Waals surface area contributed by atoms with E-state index in [1.54, 1.807) is 24.7 Å². The lowest BCUT2D eigenvalue weighted by Gasteiger charge is -2.18. The van der Waals surface area contributed by atoms with Gasteiger partial charge in [-0.05, 0) is 42.3 Å². The maximum Gasteiger partial charge on any atom is 0.249 e. The van der Waals surface area contributed by atoms with Crippen LogP contribution in [-0.2, 0) is 0 Å². The summed E-state index contributed by atoms with van der Waals surface area (Å²) in [4.78, 5) is 17.1. The van der Waals surface area contributed by atoms with Gasteiger partial charge in [-0.3, -0.25) is 4.98 Å². The van der Waals surface area contributed by atoms with Crippen LogP contribution in [0.1, 0.15) is 25.8 Å². The zero-order chi connectivity index (χ0) is 20.9. The predicted molar refractivity (Wildman–Crippen MR) is 107 cm³/mol. The number of pyridine rings is 1. The molecule has 0 aliphatic heterocycles. The highest BCUT2D eigenvalue weighted by molar-refractivity contribution is 5.52. The molecule has 1 unspecified atom stereocenters. The number of nitrogens with one attached hydrogen (secondary N) is 1. The number of ether oxygens (including phenoxy) is 1. The van der Waals surface area contributed by atoms with Crippen molar-refractivity contribution in [1.82, 2.24) is 25.1 Å². The SMILES string of the molecule is CC(C)C(Nc1nccc(Oc2ccc(F)cc2)n1)c1nc(-c2ccncc2)no1. The first kappa shape index (κ1) is 19.4. The standard InChI is InChI=1S/C21H19FN6O2/c1-13(2)18(20-27-19(28-30-20)14-7-10-23-11-8-14)26-21-24-12-9-17(25-21)29-16-5-3-15(22)4-6-16/h3-13,18H,1-2H3,(H,24,25,26). The molecular weight excluding hydrogens is 387 g/mol. The fourth-order valence-electron chi connectivity index (χ4n) is 2.72. The van der Waals surface area contributed by atoms with Gasteiger partial charge < -0.3 is 14.6 Å². The lowest BCUT2D eigenvalue weighted by Crippen LogP contribution is -2.18. The van der Waals surface area contributed by atoms with Gasteiger partial charge in [-0.25, -0.2) is 9.37 Å². The van der Waals surface area contributed by atoms with Crippen LogP contribution in [0, 0.1) is 11.7 Å². The number of benzene rings is 1. The molecule has 0 saturated carbocycles. The van der Waals surface area contributed by atoms with Crippen molar-refractivity contribution in [2.75, 3.05) is 5.32 Å². The van der Waals surface area contributed by atoms with Gasteiger partial charge in [0.25, 0.3) is 0 Å². The molecule has 8 nitrogen and oxygen atoms in total. The third-order valence-electron chi connectivity index (χ3n) is 4.26. The van der Waals surface area contributed by atoms with Crippen molar-refractivity contribution in [1.29, 1.82) is 0 Å². The number of halogens is 1. The van der Waals surface area contributed by atoms with Gasteiger partial charge in [0.05, 0.1) is 0 Å². The fourth-order valence-corrected chi connectivity index (χ4v) is 2.72. The van der Waals surface area contributed by atoms with Crippen molar-refractivity contribution in [2.24, 2.45) is 5.92 Å². The fraction of sp³-hybridized carbons (Fsp3) is 0.190. The Kier molecular flexibility index (Phi) is 5.60. The van der Waals surface area contributed by atoms with Crippen molar-refractivity contribution in [2.45, 2.75) is 19.9 Å². The van der Waals surface area contributed by atoms with Gasteiger partial charge in [-0.15, -0.1) is 0 Å². The van der Waals surface area contributed by atoms with Gasteiger partial charge in [-0.2, -0.15) is 9.97 Å². The maximum absolute atomic E-state index is 13.1. The minimum absolute atomic E-state index is 0.112. The third-order valence-corrected chi connectivity index (χ3v) is 4.26. The van der Waals surface area contributed by atoms with E-state index in [0.717, 1.165) is 5.56 Å². The van der Waals surface area contributed by atoms with E-state index in [1.807, 2.05) is 26.0 Å². The Hall–Kier alpha value is -3.88. The van der Waals surface area contributed by atoms with Gasteiger partial charge in [-0.1, -0.05) is 19.0 Å². The smallest absolute Gasteiger partial charge is 0.249 e. The largest absolute Gasteiger partial charge is 0.439 e. The van der Waals surface area contributed by atoms with Crippen LogP contribution in [0.25, 0.3) is 11.4 Å². The third kappa shape index (κ3) is 4.57. The van der Waals surface area contributed by atoms with Gasteiger partial charge in [0.15, 0.2) is 0 Å². The van der Waals surface area contributed by atoms with Gasteiger partial charge >= 0.3 is 0 Å². The average Bonchev–Trinajstić information content (AvgIpc) is 3.24. The Morgan fingerprint density at radius 2 is 1.73 bits per heavy atom. The van der Waals surface area contributed by atoms with Crippen molar-refractivity contribution in [3.8, 4) is 23.0 Å². The molecule has 30 heavy (non-hydrogen) atoms. The summed E-state index contributed by atoms with van der Waals surface area (Å²) in [7, 11) is 0. The quantitative estimate of drug-likeness (QED) is 0.473.